The molecule has 0 aliphatic carbocycles. The largest absolute Gasteiger partial charge is 0.377 e. The lowest BCUT2D eigenvalue weighted by Crippen LogP contribution is -2.13. The first kappa shape index (κ1) is 17.7. The van der Waals surface area contributed by atoms with Crippen LogP contribution in [0.25, 0.3) is 11.1 Å². The molecule has 1 N–H and O–H groups in total. The number of rotatable bonds is 5. The highest BCUT2D eigenvalue weighted by molar-refractivity contribution is 7.87. The second-order valence-corrected chi connectivity index (χ2v) is 7.09. The minimum Gasteiger partial charge on any atom is -0.377 e. The molecule has 132 valence electrons. The van der Waals surface area contributed by atoms with E-state index in [1.807, 2.05) is 30.3 Å². The van der Waals surface area contributed by atoms with Crippen molar-refractivity contribution in [3.8, 4) is 16.9 Å². The molecule has 0 radical (unpaired) electrons. The summed E-state index contributed by atoms with van der Waals surface area (Å²) >= 11 is 0. The van der Waals surface area contributed by atoms with Gasteiger partial charge in [-0.2, -0.15) is 8.42 Å². The van der Waals surface area contributed by atoms with E-state index in [9.17, 15) is 13.2 Å². The van der Waals surface area contributed by atoms with Gasteiger partial charge in [-0.05, 0) is 23.8 Å². The number of amides is 1. The highest BCUT2D eigenvalue weighted by Gasteiger charge is 2.22. The smallest absolute Gasteiger partial charge is 0.339 e. The normalized spacial score (nSPS) is 11.0. The Morgan fingerprint density at radius 3 is 2.19 bits per heavy atom. The molecular weight excluding hydrogens is 350 g/mol. The summed E-state index contributed by atoms with van der Waals surface area (Å²) in [6.07, 6.45) is 0. The van der Waals surface area contributed by atoms with Gasteiger partial charge in [0.1, 0.15) is 4.90 Å². The van der Waals surface area contributed by atoms with E-state index < -0.39 is 10.1 Å². The van der Waals surface area contributed by atoms with E-state index in [4.69, 9.17) is 4.18 Å². The molecule has 0 aliphatic heterocycles. The van der Waals surface area contributed by atoms with Crippen LogP contribution < -0.4 is 9.50 Å². The van der Waals surface area contributed by atoms with Crippen LogP contribution >= 0.6 is 0 Å². The number of anilines is 1. The number of benzene rings is 3. The van der Waals surface area contributed by atoms with Gasteiger partial charge in [-0.3, -0.25) is 4.79 Å². The van der Waals surface area contributed by atoms with Crippen molar-refractivity contribution in [1.82, 2.24) is 0 Å². The van der Waals surface area contributed by atoms with Crippen molar-refractivity contribution in [3.63, 3.8) is 0 Å². The maximum Gasteiger partial charge on any atom is 0.339 e. The van der Waals surface area contributed by atoms with Crippen molar-refractivity contribution < 1.29 is 17.4 Å². The minimum absolute atomic E-state index is 0.0591. The molecule has 6 heteroatoms. The first-order valence-electron chi connectivity index (χ1n) is 7.93. The van der Waals surface area contributed by atoms with E-state index in [1.165, 1.54) is 19.1 Å². The van der Waals surface area contributed by atoms with Crippen molar-refractivity contribution in [2.24, 2.45) is 0 Å². The molecule has 0 saturated heterocycles. The van der Waals surface area contributed by atoms with Crippen LogP contribution in [0.4, 0.5) is 5.69 Å². The molecule has 0 spiro atoms. The second-order valence-electron chi connectivity index (χ2n) is 5.58. The number of hydrogen-bond donors (Lipinski definition) is 1. The standard InChI is InChI=1S/C20H17NO4S/c1-15(22)21-18-12-6-7-13-19(18)25-26(23,24)20-14-8-5-11-17(20)16-9-3-2-4-10-16/h2-14H,1H3,(H,21,22). The summed E-state index contributed by atoms with van der Waals surface area (Å²) in [7, 11) is -4.10. The van der Waals surface area contributed by atoms with Crippen LogP contribution in [0.1, 0.15) is 6.92 Å². The maximum absolute atomic E-state index is 12.9. The van der Waals surface area contributed by atoms with Crippen LogP contribution in [0.15, 0.2) is 83.8 Å². The number of carbonyl (C=O) groups excluding carboxylic acids is 1. The fraction of sp³-hybridized carbons (Fsp3) is 0.0500. The van der Waals surface area contributed by atoms with Gasteiger partial charge >= 0.3 is 10.1 Å². The predicted octanol–water partition coefficient (Wildman–Crippen LogP) is 4.08. The average molecular weight is 367 g/mol. The molecule has 0 bridgehead atoms. The topological polar surface area (TPSA) is 72.5 Å². The van der Waals surface area contributed by atoms with Gasteiger partial charge in [0.05, 0.1) is 5.69 Å². The molecule has 3 aromatic rings. The number of nitrogens with one attached hydrogen (secondary N) is 1. The molecule has 26 heavy (non-hydrogen) atoms. The fourth-order valence-electron chi connectivity index (χ4n) is 2.54. The quantitative estimate of drug-likeness (QED) is 0.690. The number of para-hydroxylation sites is 2. The molecular formula is C20H17NO4S. The zero-order chi connectivity index (χ0) is 18.6. The fourth-order valence-corrected chi connectivity index (χ4v) is 3.71. The van der Waals surface area contributed by atoms with Crippen LogP contribution in [0.2, 0.25) is 0 Å². The van der Waals surface area contributed by atoms with Gasteiger partial charge < -0.3 is 9.50 Å². The van der Waals surface area contributed by atoms with Gasteiger partial charge in [-0.1, -0.05) is 60.7 Å². The maximum atomic E-state index is 12.9. The van der Waals surface area contributed by atoms with Crippen molar-refractivity contribution in [2.75, 3.05) is 5.32 Å². The summed E-state index contributed by atoms with van der Waals surface area (Å²) in [6, 6.07) is 22.2. The van der Waals surface area contributed by atoms with Crippen LogP contribution in [0.3, 0.4) is 0 Å². The van der Waals surface area contributed by atoms with Gasteiger partial charge in [0, 0.05) is 12.5 Å². The van der Waals surface area contributed by atoms with E-state index >= 15 is 0 Å². The minimum atomic E-state index is -4.10. The summed E-state index contributed by atoms with van der Waals surface area (Å²) in [6.45, 7) is 1.34. The zero-order valence-electron chi connectivity index (χ0n) is 14.0. The Kier molecular flexibility index (Phi) is 5.04. The lowest BCUT2D eigenvalue weighted by Gasteiger charge is -2.14. The first-order valence-corrected chi connectivity index (χ1v) is 9.34. The van der Waals surface area contributed by atoms with E-state index in [1.54, 1.807) is 36.4 Å². The summed E-state index contributed by atoms with van der Waals surface area (Å²) < 4.78 is 31.1. The van der Waals surface area contributed by atoms with Crippen LogP contribution in [0.5, 0.6) is 5.75 Å². The monoisotopic (exact) mass is 367 g/mol. The molecule has 0 aliphatic rings. The van der Waals surface area contributed by atoms with Gasteiger partial charge in [0.2, 0.25) is 5.91 Å². The Hall–Kier alpha value is -3.12. The van der Waals surface area contributed by atoms with Crippen LogP contribution in [-0.4, -0.2) is 14.3 Å². The van der Waals surface area contributed by atoms with E-state index in [0.717, 1.165) is 5.56 Å². The van der Waals surface area contributed by atoms with Gasteiger partial charge in [0.15, 0.2) is 5.75 Å². The van der Waals surface area contributed by atoms with E-state index in [0.29, 0.717) is 11.3 Å². The summed E-state index contributed by atoms with van der Waals surface area (Å²) in [4.78, 5) is 11.4. The van der Waals surface area contributed by atoms with Crippen molar-refractivity contribution in [2.45, 2.75) is 11.8 Å². The van der Waals surface area contributed by atoms with Crippen molar-refractivity contribution >= 4 is 21.7 Å². The van der Waals surface area contributed by atoms with E-state index in [-0.39, 0.29) is 16.6 Å². The average Bonchev–Trinajstić information content (AvgIpc) is 2.63. The third-order valence-electron chi connectivity index (χ3n) is 3.64. The summed E-state index contributed by atoms with van der Waals surface area (Å²) in [5.74, 6) is -0.256. The Balaban J connectivity index is 2.02. The molecule has 0 fully saturated rings. The Bertz CT molecular complexity index is 1030. The third kappa shape index (κ3) is 3.92. The van der Waals surface area contributed by atoms with Gasteiger partial charge in [0.25, 0.3) is 0 Å². The van der Waals surface area contributed by atoms with Crippen molar-refractivity contribution in [1.29, 1.82) is 0 Å². The SMILES string of the molecule is CC(=O)Nc1ccccc1OS(=O)(=O)c1ccccc1-c1ccccc1. The van der Waals surface area contributed by atoms with Crippen LogP contribution in [-0.2, 0) is 14.9 Å². The van der Waals surface area contributed by atoms with Crippen LogP contribution in [0, 0.1) is 0 Å². The van der Waals surface area contributed by atoms with Crippen molar-refractivity contribution in [3.05, 3.63) is 78.9 Å². The zero-order valence-corrected chi connectivity index (χ0v) is 14.9. The molecule has 3 aromatic carbocycles. The first-order chi connectivity index (χ1) is 12.5. The highest BCUT2D eigenvalue weighted by atomic mass is 32.2. The molecule has 0 saturated carbocycles. The highest BCUT2D eigenvalue weighted by Crippen LogP contribution is 2.32. The molecule has 0 atom stereocenters. The van der Waals surface area contributed by atoms with Gasteiger partial charge in [-0.15, -0.1) is 0 Å². The van der Waals surface area contributed by atoms with E-state index in [2.05, 4.69) is 5.32 Å². The Morgan fingerprint density at radius 1 is 0.846 bits per heavy atom. The molecule has 0 heterocycles. The summed E-state index contributed by atoms with van der Waals surface area (Å²) in [5.41, 5.74) is 1.61. The molecule has 3 rings (SSSR count). The molecule has 0 unspecified atom stereocenters. The lowest BCUT2D eigenvalue weighted by molar-refractivity contribution is -0.114. The Morgan fingerprint density at radius 2 is 1.46 bits per heavy atom. The molecule has 5 nitrogen and oxygen atoms in total. The lowest BCUT2D eigenvalue weighted by atomic mass is 10.1. The predicted molar refractivity (Wildman–Crippen MR) is 100 cm³/mol. The third-order valence-corrected chi connectivity index (χ3v) is 4.93. The van der Waals surface area contributed by atoms with Gasteiger partial charge in [-0.25, -0.2) is 0 Å². The summed E-state index contributed by atoms with van der Waals surface area (Å²) in [5, 5.41) is 2.57. The molecule has 0 aromatic heterocycles. The number of hydrogen-bond acceptors (Lipinski definition) is 4. The second kappa shape index (κ2) is 7.41. The number of carbonyl (C=O) groups is 1. The molecule has 1 amide bonds. The Labute approximate surface area is 152 Å².